The fourth-order valence-electron chi connectivity index (χ4n) is 2.85. The van der Waals surface area contributed by atoms with Crippen molar-refractivity contribution in [2.75, 3.05) is 21.3 Å². The lowest BCUT2D eigenvalue weighted by atomic mass is 10.2. The van der Waals surface area contributed by atoms with Gasteiger partial charge >= 0.3 is 10.1 Å². The molecule has 0 spiro atoms. The van der Waals surface area contributed by atoms with E-state index in [9.17, 15) is 13.2 Å². The molecule has 0 bridgehead atoms. The van der Waals surface area contributed by atoms with Crippen molar-refractivity contribution in [3.8, 4) is 23.0 Å². The summed E-state index contributed by atoms with van der Waals surface area (Å²) >= 11 is 6.26. The molecule has 0 unspecified atom stereocenters. The summed E-state index contributed by atoms with van der Waals surface area (Å²) in [7, 11) is 0.176. The first-order chi connectivity index (χ1) is 16.3. The number of carbonyl (C=O) groups is 1. The van der Waals surface area contributed by atoms with Crippen molar-refractivity contribution in [2.24, 2.45) is 5.10 Å². The van der Waals surface area contributed by atoms with E-state index in [1.165, 1.54) is 57.9 Å². The van der Waals surface area contributed by atoms with Gasteiger partial charge in [0.1, 0.15) is 4.90 Å². The lowest BCUT2D eigenvalue weighted by molar-refractivity contribution is 0.0954. The van der Waals surface area contributed by atoms with Crippen molar-refractivity contribution in [3.05, 3.63) is 76.8 Å². The number of carbonyl (C=O) groups excluding carboxylic acids is 1. The number of hydrogen-bond acceptors (Lipinski definition) is 8. The van der Waals surface area contributed by atoms with Crippen LogP contribution >= 0.6 is 11.6 Å². The van der Waals surface area contributed by atoms with E-state index in [-0.39, 0.29) is 21.4 Å². The smallest absolute Gasteiger partial charge is 0.339 e. The van der Waals surface area contributed by atoms with Crippen LogP contribution in [0.2, 0.25) is 5.02 Å². The number of hydrazone groups is 1. The number of nitrogens with zero attached hydrogens (tertiary/aromatic N) is 1. The molecule has 0 aliphatic heterocycles. The largest absolute Gasteiger partial charge is 0.493 e. The summed E-state index contributed by atoms with van der Waals surface area (Å²) in [6.45, 7) is 0. The van der Waals surface area contributed by atoms with Gasteiger partial charge in [-0.05, 0) is 48.0 Å². The maximum absolute atomic E-state index is 12.5. The van der Waals surface area contributed by atoms with Crippen LogP contribution in [0.5, 0.6) is 23.0 Å². The van der Waals surface area contributed by atoms with E-state index in [0.717, 1.165) is 0 Å². The molecule has 1 N–H and O–H groups in total. The zero-order valence-electron chi connectivity index (χ0n) is 18.4. The summed E-state index contributed by atoms with van der Waals surface area (Å²) < 4.78 is 45.9. The third-order valence-electron chi connectivity index (χ3n) is 4.50. The minimum Gasteiger partial charge on any atom is -0.493 e. The molecule has 0 heterocycles. The second-order valence-corrected chi connectivity index (χ2v) is 8.61. The predicted molar refractivity (Wildman–Crippen MR) is 127 cm³/mol. The molecule has 3 rings (SSSR count). The monoisotopic (exact) mass is 504 g/mol. The zero-order valence-corrected chi connectivity index (χ0v) is 20.0. The fourth-order valence-corrected chi connectivity index (χ4v) is 4.13. The molecule has 3 aromatic carbocycles. The fraction of sp³-hybridized carbons (Fsp3) is 0.130. The third-order valence-corrected chi connectivity index (χ3v) is 6.02. The molecule has 0 fully saturated rings. The van der Waals surface area contributed by atoms with Gasteiger partial charge in [0.15, 0.2) is 17.2 Å². The summed E-state index contributed by atoms with van der Waals surface area (Å²) in [4.78, 5) is 12.3. The van der Waals surface area contributed by atoms with Crippen LogP contribution in [0, 0.1) is 0 Å². The van der Waals surface area contributed by atoms with Gasteiger partial charge in [-0.3, -0.25) is 4.79 Å². The van der Waals surface area contributed by atoms with Gasteiger partial charge in [0.05, 0.1) is 32.6 Å². The molecule has 11 heteroatoms. The van der Waals surface area contributed by atoms with Gasteiger partial charge in [-0.1, -0.05) is 29.8 Å². The first-order valence-electron chi connectivity index (χ1n) is 9.71. The number of ether oxygens (including phenoxy) is 3. The number of amides is 1. The van der Waals surface area contributed by atoms with E-state index in [4.69, 9.17) is 30.0 Å². The highest BCUT2D eigenvalue weighted by Gasteiger charge is 2.22. The molecule has 0 aliphatic carbocycles. The van der Waals surface area contributed by atoms with Crippen LogP contribution in [0.25, 0.3) is 0 Å². The Kier molecular flexibility index (Phi) is 7.98. The normalized spacial score (nSPS) is 11.2. The Morgan fingerprint density at radius 1 is 0.912 bits per heavy atom. The van der Waals surface area contributed by atoms with Crippen LogP contribution in [-0.4, -0.2) is 41.9 Å². The van der Waals surface area contributed by atoms with Gasteiger partial charge in [-0.15, -0.1) is 0 Å². The van der Waals surface area contributed by atoms with Gasteiger partial charge in [0.25, 0.3) is 5.91 Å². The van der Waals surface area contributed by atoms with Gasteiger partial charge in [-0.2, -0.15) is 13.5 Å². The standard InChI is InChI=1S/C23H21ClN2O7S/c1-30-19-10-9-16(13-20(19)31-2)23(27)26-25-14-15-11-18(24)22(21(12-15)32-3)33-34(28,29)17-7-5-4-6-8-17/h4-14H,1-3H3,(H,26,27)/b25-14+. The van der Waals surface area contributed by atoms with Crippen LogP contribution in [0.15, 0.2) is 70.7 Å². The summed E-state index contributed by atoms with van der Waals surface area (Å²) in [5, 5.41) is 3.89. The minimum absolute atomic E-state index is 0.0217. The maximum atomic E-state index is 12.5. The third kappa shape index (κ3) is 5.77. The topological polar surface area (TPSA) is 113 Å². The molecular formula is C23H21ClN2O7S. The predicted octanol–water partition coefficient (Wildman–Crippen LogP) is 3.90. The van der Waals surface area contributed by atoms with Crippen molar-refractivity contribution in [1.29, 1.82) is 0 Å². The highest BCUT2D eigenvalue weighted by Crippen LogP contribution is 2.38. The summed E-state index contributed by atoms with van der Waals surface area (Å²) in [5.74, 6) is 0.306. The highest BCUT2D eigenvalue weighted by molar-refractivity contribution is 7.87. The first kappa shape index (κ1) is 24.9. The van der Waals surface area contributed by atoms with E-state index in [2.05, 4.69) is 10.5 Å². The van der Waals surface area contributed by atoms with Crippen LogP contribution in [0.1, 0.15) is 15.9 Å². The van der Waals surface area contributed by atoms with E-state index in [0.29, 0.717) is 22.6 Å². The Bertz CT molecular complexity index is 1310. The number of halogens is 1. The van der Waals surface area contributed by atoms with Gasteiger partial charge in [-0.25, -0.2) is 5.43 Å². The van der Waals surface area contributed by atoms with E-state index in [1.807, 2.05) is 0 Å². The molecule has 9 nitrogen and oxygen atoms in total. The number of rotatable bonds is 9. The zero-order chi connectivity index (χ0) is 24.7. The molecule has 0 atom stereocenters. The quantitative estimate of drug-likeness (QED) is 0.267. The second kappa shape index (κ2) is 10.9. The molecule has 34 heavy (non-hydrogen) atoms. The van der Waals surface area contributed by atoms with E-state index >= 15 is 0 Å². The molecule has 0 saturated heterocycles. The second-order valence-electron chi connectivity index (χ2n) is 6.65. The van der Waals surface area contributed by atoms with Crippen LogP contribution in [0.3, 0.4) is 0 Å². The first-order valence-corrected chi connectivity index (χ1v) is 11.5. The van der Waals surface area contributed by atoms with Crippen molar-refractivity contribution in [3.63, 3.8) is 0 Å². The SMILES string of the molecule is COc1ccc(C(=O)N/N=C/c2cc(Cl)c(OS(=O)(=O)c3ccccc3)c(OC)c2)cc1OC. The Balaban J connectivity index is 1.77. The Hall–Kier alpha value is -3.76. The van der Waals surface area contributed by atoms with E-state index < -0.39 is 16.0 Å². The van der Waals surface area contributed by atoms with Crippen molar-refractivity contribution in [2.45, 2.75) is 4.90 Å². The molecule has 3 aromatic rings. The molecule has 0 aromatic heterocycles. The molecule has 0 radical (unpaired) electrons. The molecule has 0 aliphatic rings. The van der Waals surface area contributed by atoms with Crippen molar-refractivity contribution >= 4 is 33.8 Å². The summed E-state index contributed by atoms with van der Waals surface area (Å²) in [6.07, 6.45) is 1.32. The van der Waals surface area contributed by atoms with Gasteiger partial charge < -0.3 is 18.4 Å². The Morgan fingerprint density at radius 2 is 1.59 bits per heavy atom. The number of hydrogen-bond donors (Lipinski definition) is 1. The number of benzene rings is 3. The maximum Gasteiger partial charge on any atom is 0.339 e. The Morgan fingerprint density at radius 3 is 2.24 bits per heavy atom. The van der Waals surface area contributed by atoms with Crippen molar-refractivity contribution in [1.82, 2.24) is 5.43 Å². The number of nitrogens with one attached hydrogen (secondary N) is 1. The number of methoxy groups -OCH3 is 3. The van der Waals surface area contributed by atoms with E-state index in [1.54, 1.807) is 30.3 Å². The Labute approximate surface area is 202 Å². The lowest BCUT2D eigenvalue weighted by Gasteiger charge is -2.13. The molecule has 178 valence electrons. The van der Waals surface area contributed by atoms with Crippen LogP contribution in [0.4, 0.5) is 0 Å². The van der Waals surface area contributed by atoms with Crippen LogP contribution < -0.4 is 23.8 Å². The molecular weight excluding hydrogens is 484 g/mol. The van der Waals surface area contributed by atoms with Gasteiger partial charge in [0.2, 0.25) is 5.75 Å². The summed E-state index contributed by atoms with van der Waals surface area (Å²) in [6, 6.07) is 15.2. The highest BCUT2D eigenvalue weighted by atomic mass is 35.5. The lowest BCUT2D eigenvalue weighted by Crippen LogP contribution is -2.17. The average Bonchev–Trinajstić information content (AvgIpc) is 2.85. The van der Waals surface area contributed by atoms with Gasteiger partial charge in [0, 0.05) is 5.56 Å². The van der Waals surface area contributed by atoms with Crippen LogP contribution in [-0.2, 0) is 10.1 Å². The molecule has 0 saturated carbocycles. The van der Waals surface area contributed by atoms with Crippen molar-refractivity contribution < 1.29 is 31.6 Å². The minimum atomic E-state index is -4.13. The average molecular weight is 505 g/mol. The molecule has 1 amide bonds. The summed E-state index contributed by atoms with van der Waals surface area (Å²) in [5.41, 5.74) is 3.13.